The van der Waals surface area contributed by atoms with Gasteiger partial charge in [-0.15, -0.1) is 0 Å². The number of rotatable bonds is 5. The molecule has 0 aliphatic carbocycles. The Hall–Kier alpha value is -1.62. The monoisotopic (exact) mass is 210 g/mol. The molecular formula is C10H14N2O3. The van der Waals surface area contributed by atoms with Crippen molar-refractivity contribution in [2.75, 3.05) is 20.8 Å². The third-order valence-corrected chi connectivity index (χ3v) is 1.94. The van der Waals surface area contributed by atoms with Gasteiger partial charge in [0.1, 0.15) is 5.75 Å². The number of Topliss-reactive ketones (excluding diaryl/α,β-unsaturated/α-hetero) is 1. The van der Waals surface area contributed by atoms with Gasteiger partial charge in [-0.2, -0.15) is 0 Å². The van der Waals surface area contributed by atoms with E-state index in [9.17, 15) is 4.79 Å². The van der Waals surface area contributed by atoms with Crippen LogP contribution in [-0.2, 0) is 0 Å². The Balaban J connectivity index is 3.02. The van der Waals surface area contributed by atoms with Gasteiger partial charge in [0.15, 0.2) is 5.78 Å². The number of nitrogens with zero attached hydrogens (tertiary/aromatic N) is 1. The number of ketones is 1. The van der Waals surface area contributed by atoms with Crippen molar-refractivity contribution in [3.05, 3.63) is 17.8 Å². The molecule has 0 amide bonds. The second-order valence-corrected chi connectivity index (χ2v) is 2.89. The summed E-state index contributed by atoms with van der Waals surface area (Å²) in [6.07, 6.45) is 1.72. The molecule has 0 bridgehead atoms. The molecule has 0 unspecified atom stereocenters. The number of pyridine rings is 1. The lowest BCUT2D eigenvalue weighted by atomic mass is 10.1. The molecule has 2 N–H and O–H groups in total. The molecule has 0 saturated carbocycles. The highest BCUT2D eigenvalue weighted by atomic mass is 16.5. The second kappa shape index (κ2) is 5.31. The summed E-state index contributed by atoms with van der Waals surface area (Å²) in [5.41, 5.74) is 5.74. The zero-order valence-electron chi connectivity index (χ0n) is 8.82. The fraction of sp³-hybridized carbons (Fsp3) is 0.400. The maximum Gasteiger partial charge on any atom is 0.216 e. The fourth-order valence-corrected chi connectivity index (χ4v) is 1.17. The smallest absolute Gasteiger partial charge is 0.216 e. The lowest BCUT2D eigenvalue weighted by Crippen LogP contribution is -2.10. The van der Waals surface area contributed by atoms with Crippen LogP contribution in [0.5, 0.6) is 11.6 Å². The van der Waals surface area contributed by atoms with Gasteiger partial charge < -0.3 is 15.2 Å². The molecule has 82 valence electrons. The SMILES string of the molecule is COc1cc(OC)c(C(=O)CCN)cn1. The van der Waals surface area contributed by atoms with Crippen LogP contribution in [0.4, 0.5) is 0 Å². The van der Waals surface area contributed by atoms with Gasteiger partial charge in [0, 0.05) is 18.7 Å². The Morgan fingerprint density at radius 2 is 2.20 bits per heavy atom. The summed E-state index contributed by atoms with van der Waals surface area (Å²) in [4.78, 5) is 15.5. The van der Waals surface area contributed by atoms with Crippen molar-refractivity contribution in [2.24, 2.45) is 5.73 Å². The molecule has 0 aliphatic rings. The lowest BCUT2D eigenvalue weighted by molar-refractivity contribution is 0.0982. The van der Waals surface area contributed by atoms with Gasteiger partial charge in [0.25, 0.3) is 0 Å². The quantitative estimate of drug-likeness (QED) is 0.721. The summed E-state index contributed by atoms with van der Waals surface area (Å²) >= 11 is 0. The van der Waals surface area contributed by atoms with Gasteiger partial charge in [0.2, 0.25) is 5.88 Å². The first-order valence-electron chi connectivity index (χ1n) is 4.54. The van der Waals surface area contributed by atoms with E-state index in [1.807, 2.05) is 0 Å². The van der Waals surface area contributed by atoms with Crippen molar-refractivity contribution >= 4 is 5.78 Å². The predicted octanol–water partition coefficient (Wildman–Crippen LogP) is 0.630. The average Bonchev–Trinajstić information content (AvgIpc) is 2.28. The van der Waals surface area contributed by atoms with E-state index in [2.05, 4.69) is 4.98 Å². The maximum atomic E-state index is 11.6. The molecule has 1 rings (SSSR count). The molecular weight excluding hydrogens is 196 g/mol. The van der Waals surface area contributed by atoms with Crippen LogP contribution in [-0.4, -0.2) is 31.5 Å². The third-order valence-electron chi connectivity index (χ3n) is 1.94. The minimum absolute atomic E-state index is 0.0792. The Labute approximate surface area is 88.2 Å². The molecule has 5 nitrogen and oxygen atoms in total. The molecule has 0 atom stereocenters. The Kier molecular flexibility index (Phi) is 4.05. The molecule has 5 heteroatoms. The summed E-state index contributed by atoms with van der Waals surface area (Å²) in [6.45, 7) is 0.314. The van der Waals surface area contributed by atoms with Crippen LogP contribution < -0.4 is 15.2 Å². The van der Waals surface area contributed by atoms with Crippen molar-refractivity contribution in [3.63, 3.8) is 0 Å². The van der Waals surface area contributed by atoms with Crippen LogP contribution in [0.3, 0.4) is 0 Å². The highest BCUT2D eigenvalue weighted by molar-refractivity contribution is 5.98. The van der Waals surface area contributed by atoms with Crippen molar-refractivity contribution in [3.8, 4) is 11.6 Å². The number of aromatic nitrogens is 1. The van der Waals surface area contributed by atoms with Gasteiger partial charge in [0.05, 0.1) is 19.8 Å². The van der Waals surface area contributed by atoms with Gasteiger partial charge in [-0.3, -0.25) is 4.79 Å². The predicted molar refractivity (Wildman–Crippen MR) is 55.3 cm³/mol. The summed E-state index contributed by atoms with van der Waals surface area (Å²) < 4.78 is 10.00. The summed E-state index contributed by atoms with van der Waals surface area (Å²) in [7, 11) is 3.00. The molecule has 1 heterocycles. The van der Waals surface area contributed by atoms with Crippen molar-refractivity contribution < 1.29 is 14.3 Å². The number of nitrogens with two attached hydrogens (primary N) is 1. The van der Waals surface area contributed by atoms with Crippen LogP contribution in [0.25, 0.3) is 0 Å². The number of hydrogen-bond donors (Lipinski definition) is 1. The normalized spacial score (nSPS) is 9.80. The minimum atomic E-state index is -0.0792. The summed E-state index contributed by atoms with van der Waals surface area (Å²) in [5.74, 6) is 0.793. The molecule has 1 aromatic rings. The number of ether oxygens (including phenoxy) is 2. The summed E-state index contributed by atoms with van der Waals surface area (Å²) in [6, 6.07) is 1.57. The summed E-state index contributed by atoms with van der Waals surface area (Å²) in [5, 5.41) is 0. The molecule has 0 aromatic carbocycles. The first kappa shape index (κ1) is 11.5. The van der Waals surface area contributed by atoms with Crippen LogP contribution >= 0.6 is 0 Å². The molecule has 15 heavy (non-hydrogen) atoms. The largest absolute Gasteiger partial charge is 0.496 e. The van der Waals surface area contributed by atoms with Crippen LogP contribution in [0, 0.1) is 0 Å². The number of hydrogen-bond acceptors (Lipinski definition) is 5. The topological polar surface area (TPSA) is 74.4 Å². The molecule has 1 aromatic heterocycles. The molecule has 0 radical (unpaired) electrons. The zero-order valence-corrected chi connectivity index (χ0v) is 8.82. The van der Waals surface area contributed by atoms with Gasteiger partial charge in [-0.05, 0) is 6.54 Å². The van der Waals surface area contributed by atoms with E-state index in [1.54, 1.807) is 6.07 Å². The highest BCUT2D eigenvalue weighted by Crippen LogP contribution is 2.22. The second-order valence-electron chi connectivity index (χ2n) is 2.89. The van der Waals surface area contributed by atoms with Gasteiger partial charge in [-0.1, -0.05) is 0 Å². The van der Waals surface area contributed by atoms with E-state index >= 15 is 0 Å². The Morgan fingerprint density at radius 1 is 1.47 bits per heavy atom. The Morgan fingerprint density at radius 3 is 2.73 bits per heavy atom. The van der Waals surface area contributed by atoms with Crippen molar-refractivity contribution in [1.82, 2.24) is 4.98 Å². The number of carbonyl (C=O) groups excluding carboxylic acids is 1. The number of carbonyl (C=O) groups is 1. The molecule has 0 aliphatic heterocycles. The van der Waals surface area contributed by atoms with Crippen molar-refractivity contribution in [2.45, 2.75) is 6.42 Å². The molecule has 0 saturated heterocycles. The molecule has 0 spiro atoms. The Bertz CT molecular complexity index is 353. The zero-order chi connectivity index (χ0) is 11.3. The minimum Gasteiger partial charge on any atom is -0.496 e. The lowest BCUT2D eigenvalue weighted by Gasteiger charge is -2.07. The van der Waals surface area contributed by atoms with Crippen LogP contribution in [0.15, 0.2) is 12.3 Å². The van der Waals surface area contributed by atoms with E-state index in [4.69, 9.17) is 15.2 Å². The van der Waals surface area contributed by atoms with Crippen LogP contribution in [0.1, 0.15) is 16.8 Å². The van der Waals surface area contributed by atoms with Gasteiger partial charge >= 0.3 is 0 Å². The number of methoxy groups -OCH3 is 2. The van der Waals surface area contributed by atoms with Gasteiger partial charge in [-0.25, -0.2) is 4.98 Å². The van der Waals surface area contributed by atoms with Crippen molar-refractivity contribution in [1.29, 1.82) is 0 Å². The maximum absolute atomic E-state index is 11.6. The third kappa shape index (κ3) is 2.66. The standard InChI is InChI=1S/C10H14N2O3/c1-14-9-5-10(15-2)12-6-7(9)8(13)3-4-11/h5-6H,3-4,11H2,1-2H3. The first-order valence-corrected chi connectivity index (χ1v) is 4.54. The highest BCUT2D eigenvalue weighted by Gasteiger charge is 2.13. The molecule has 0 fully saturated rings. The van der Waals surface area contributed by atoms with E-state index in [0.29, 0.717) is 23.7 Å². The van der Waals surface area contributed by atoms with E-state index in [0.717, 1.165) is 0 Å². The van der Waals surface area contributed by atoms with E-state index in [1.165, 1.54) is 20.4 Å². The fourth-order valence-electron chi connectivity index (χ4n) is 1.17. The average molecular weight is 210 g/mol. The van der Waals surface area contributed by atoms with E-state index in [-0.39, 0.29) is 12.2 Å². The van der Waals surface area contributed by atoms with E-state index < -0.39 is 0 Å². The first-order chi connectivity index (χ1) is 7.22. The van der Waals surface area contributed by atoms with Crippen LogP contribution in [0.2, 0.25) is 0 Å².